The number of rotatable bonds is 10. The number of carbonyl (C=O) groups is 2. The first kappa shape index (κ1) is 34.3. The Morgan fingerprint density at radius 3 is 1.13 bits per heavy atom. The second-order valence-corrected chi connectivity index (χ2v) is 7.10. The number of hydrogen-bond acceptors (Lipinski definition) is 9. The van der Waals surface area contributed by atoms with Crippen LogP contribution in [0, 0.1) is 17.3 Å². The van der Waals surface area contributed by atoms with E-state index in [1.54, 1.807) is 0 Å². The molecule has 188 valence electrons. The maximum absolute atomic E-state index is 10.6. The summed E-state index contributed by atoms with van der Waals surface area (Å²) in [5, 5.41) is 74.8. The Morgan fingerprint density at radius 2 is 1.00 bits per heavy atom. The summed E-state index contributed by atoms with van der Waals surface area (Å²) >= 11 is 0. The molecule has 11 nitrogen and oxygen atoms in total. The molecule has 1 rings (SSSR count). The highest BCUT2D eigenvalue weighted by atomic mass is 16.4. The topological polar surface area (TPSA) is 216 Å². The van der Waals surface area contributed by atoms with Gasteiger partial charge in [0.2, 0.25) is 0 Å². The van der Waals surface area contributed by atoms with Crippen LogP contribution in [0.25, 0.3) is 0 Å². The van der Waals surface area contributed by atoms with Crippen LogP contribution in [0.15, 0.2) is 0 Å². The van der Waals surface area contributed by atoms with Crippen LogP contribution < -0.4 is 0 Å². The molecule has 2 atom stereocenters. The van der Waals surface area contributed by atoms with Crippen molar-refractivity contribution >= 4 is 11.9 Å². The fraction of sp³-hybridized carbons (Fsp3) is 0.900. The predicted octanol–water partition coefficient (Wildman–Crippen LogP) is -0.956. The Bertz CT molecular complexity index is 368. The van der Waals surface area contributed by atoms with Crippen molar-refractivity contribution < 1.29 is 55.5 Å². The largest absolute Gasteiger partial charge is 0.481 e. The van der Waals surface area contributed by atoms with Crippen LogP contribution in [0.1, 0.15) is 51.9 Å². The van der Waals surface area contributed by atoms with Gasteiger partial charge in [0.15, 0.2) is 0 Å². The third-order valence-electron chi connectivity index (χ3n) is 4.82. The van der Waals surface area contributed by atoms with Gasteiger partial charge >= 0.3 is 11.9 Å². The second kappa shape index (κ2) is 23.3. The van der Waals surface area contributed by atoms with E-state index in [9.17, 15) is 9.59 Å². The maximum atomic E-state index is 10.6. The molecule has 0 heterocycles. The van der Waals surface area contributed by atoms with Crippen molar-refractivity contribution in [1.82, 2.24) is 0 Å². The molecular formula is C20H42O11. The molecular weight excluding hydrogens is 416 g/mol. The first-order chi connectivity index (χ1) is 14.7. The fourth-order valence-corrected chi connectivity index (χ4v) is 2.43. The first-order valence-corrected chi connectivity index (χ1v) is 10.4. The zero-order chi connectivity index (χ0) is 24.7. The van der Waals surface area contributed by atoms with Crippen molar-refractivity contribution in [3.05, 3.63) is 0 Å². The smallest absolute Gasteiger partial charge is 0.307 e. The van der Waals surface area contributed by atoms with E-state index >= 15 is 0 Å². The lowest BCUT2D eigenvalue weighted by molar-refractivity contribution is -0.155. The highest BCUT2D eigenvalue weighted by Crippen LogP contribution is 2.30. The molecule has 0 aliphatic heterocycles. The van der Waals surface area contributed by atoms with Crippen molar-refractivity contribution in [1.29, 1.82) is 0 Å². The van der Waals surface area contributed by atoms with Gasteiger partial charge in [-0.2, -0.15) is 0 Å². The summed E-state index contributed by atoms with van der Waals surface area (Å²) < 4.78 is 0. The van der Waals surface area contributed by atoms with E-state index in [1.807, 2.05) is 6.92 Å². The summed E-state index contributed by atoms with van der Waals surface area (Å²) in [6.45, 7) is 1.49. The van der Waals surface area contributed by atoms with Crippen LogP contribution in [0.3, 0.4) is 0 Å². The molecule has 31 heavy (non-hydrogen) atoms. The summed E-state index contributed by atoms with van der Waals surface area (Å²) in [6.07, 6.45) is 4.71. The van der Waals surface area contributed by atoms with Gasteiger partial charge in [0, 0.05) is 18.6 Å². The van der Waals surface area contributed by atoms with Crippen molar-refractivity contribution in [3.8, 4) is 0 Å². The molecule has 0 amide bonds. The SMILES string of the molecule is CCC(CO)(CO)CO.O=C(O)C1CCCCC1C(=O)O.OCCCCO.OCCO. The molecule has 0 aromatic heterocycles. The van der Waals surface area contributed by atoms with Crippen LogP contribution in [-0.2, 0) is 9.59 Å². The lowest BCUT2D eigenvalue weighted by Crippen LogP contribution is -2.32. The third kappa shape index (κ3) is 18.0. The Labute approximate surface area is 183 Å². The van der Waals surface area contributed by atoms with Gasteiger partial charge in [0.05, 0.1) is 44.9 Å². The minimum Gasteiger partial charge on any atom is -0.481 e. The van der Waals surface area contributed by atoms with E-state index in [4.69, 9.17) is 46.0 Å². The van der Waals surface area contributed by atoms with E-state index < -0.39 is 29.2 Å². The molecule has 0 aromatic carbocycles. The number of unbranched alkanes of at least 4 members (excludes halogenated alkanes) is 1. The molecule has 9 N–H and O–H groups in total. The monoisotopic (exact) mass is 458 g/mol. The number of carboxylic acids is 2. The minimum absolute atomic E-state index is 0.125. The molecule has 2 unspecified atom stereocenters. The fourth-order valence-electron chi connectivity index (χ4n) is 2.43. The molecule has 0 radical (unpaired) electrons. The molecule has 1 aliphatic rings. The highest BCUT2D eigenvalue weighted by molar-refractivity contribution is 5.80. The van der Waals surface area contributed by atoms with E-state index in [2.05, 4.69) is 0 Å². The third-order valence-corrected chi connectivity index (χ3v) is 4.82. The quantitative estimate of drug-likeness (QED) is 0.182. The van der Waals surface area contributed by atoms with Gasteiger partial charge in [-0.3, -0.25) is 9.59 Å². The lowest BCUT2D eigenvalue weighted by Gasteiger charge is -2.24. The van der Waals surface area contributed by atoms with Crippen LogP contribution in [0.5, 0.6) is 0 Å². The van der Waals surface area contributed by atoms with Crippen molar-refractivity contribution in [2.75, 3.05) is 46.2 Å². The molecule has 11 heteroatoms. The average Bonchev–Trinajstić information content (AvgIpc) is 2.80. The minimum atomic E-state index is -0.970. The van der Waals surface area contributed by atoms with E-state index in [-0.39, 0.29) is 46.2 Å². The normalized spacial score (nSPS) is 17.7. The molecule has 0 saturated heterocycles. The number of hydrogen-bond donors (Lipinski definition) is 9. The molecule has 1 aliphatic carbocycles. The Balaban J connectivity index is -0.000000366. The zero-order valence-electron chi connectivity index (χ0n) is 18.4. The van der Waals surface area contributed by atoms with Crippen molar-refractivity contribution in [2.24, 2.45) is 17.3 Å². The number of aliphatic hydroxyl groups is 7. The highest BCUT2D eigenvalue weighted by Gasteiger charge is 2.35. The predicted molar refractivity (Wildman–Crippen MR) is 112 cm³/mol. The van der Waals surface area contributed by atoms with Gasteiger partial charge in [0.1, 0.15) is 0 Å². The van der Waals surface area contributed by atoms with Crippen LogP contribution in [0.4, 0.5) is 0 Å². The van der Waals surface area contributed by atoms with Crippen LogP contribution in [-0.4, -0.2) is 104 Å². The Morgan fingerprint density at radius 1 is 0.677 bits per heavy atom. The molecule has 0 spiro atoms. The second-order valence-electron chi connectivity index (χ2n) is 7.10. The van der Waals surface area contributed by atoms with E-state index in [0.717, 1.165) is 25.7 Å². The Hall–Kier alpha value is -1.34. The van der Waals surface area contributed by atoms with Gasteiger partial charge in [-0.25, -0.2) is 0 Å². The summed E-state index contributed by atoms with van der Waals surface area (Å²) in [5.74, 6) is -3.28. The summed E-state index contributed by atoms with van der Waals surface area (Å²) in [4.78, 5) is 21.2. The Kier molecular flexibility index (Phi) is 25.8. The van der Waals surface area contributed by atoms with Gasteiger partial charge in [-0.05, 0) is 32.1 Å². The van der Waals surface area contributed by atoms with Crippen LogP contribution in [0.2, 0.25) is 0 Å². The first-order valence-electron chi connectivity index (χ1n) is 10.4. The number of aliphatic carboxylic acids is 2. The molecule has 0 aromatic rings. The lowest BCUT2D eigenvalue weighted by atomic mass is 9.79. The van der Waals surface area contributed by atoms with Gasteiger partial charge in [0.25, 0.3) is 0 Å². The molecule has 1 saturated carbocycles. The number of carboxylic acid groups (broad SMARTS) is 2. The molecule has 0 bridgehead atoms. The maximum Gasteiger partial charge on any atom is 0.307 e. The summed E-state index contributed by atoms with van der Waals surface area (Å²) in [7, 11) is 0. The van der Waals surface area contributed by atoms with E-state index in [0.29, 0.717) is 19.3 Å². The van der Waals surface area contributed by atoms with Crippen LogP contribution >= 0.6 is 0 Å². The van der Waals surface area contributed by atoms with Crippen molar-refractivity contribution in [3.63, 3.8) is 0 Å². The number of aliphatic hydroxyl groups excluding tert-OH is 7. The van der Waals surface area contributed by atoms with Gasteiger partial charge in [-0.15, -0.1) is 0 Å². The summed E-state index contributed by atoms with van der Waals surface area (Å²) in [5.41, 5.74) is -0.667. The van der Waals surface area contributed by atoms with Gasteiger partial charge in [-0.1, -0.05) is 19.8 Å². The summed E-state index contributed by atoms with van der Waals surface area (Å²) in [6, 6.07) is 0. The standard InChI is InChI=1S/C8H12O4.C6H14O3.C4H10O2.C2H6O2/c9-7(10)5-3-1-2-4-6(5)8(11)12;1-2-6(3-7,4-8)5-9;5-3-1-2-4-6;3-1-2-4/h5-6H,1-4H2,(H,9,10)(H,11,12);7-9H,2-5H2,1H3;5-6H,1-4H2;3-4H,1-2H2. The zero-order valence-corrected chi connectivity index (χ0v) is 18.4. The molecule has 1 fully saturated rings. The van der Waals surface area contributed by atoms with Crippen molar-refractivity contribution in [2.45, 2.75) is 51.9 Å². The van der Waals surface area contributed by atoms with E-state index in [1.165, 1.54) is 0 Å². The van der Waals surface area contributed by atoms with Gasteiger partial charge < -0.3 is 46.0 Å². The average molecular weight is 459 g/mol.